The number of carbonyl (C=O) groups excluding carboxylic acids is 3. The highest BCUT2D eigenvalue weighted by Crippen LogP contribution is 2.17. The van der Waals surface area contributed by atoms with E-state index >= 15 is 0 Å². The average Bonchev–Trinajstić information content (AvgIpc) is 3.19. The van der Waals surface area contributed by atoms with E-state index < -0.39 is 0 Å². The summed E-state index contributed by atoms with van der Waals surface area (Å²) < 4.78 is 0. The standard InChI is InChI=1S/C10H19NO2.C6H11NO.C3H8.2C2H6/c1-5-6-9(13)11-8(7-12)10(2,3)4;1-5(8)6-3-2-4-7-6;1-3-2;2*1-2/h7-8H,5-6H2,1-4H3,(H,11,13);6-7H,2-4H2,1H3;3H2,1-2H3;2*1-2H3. The highest BCUT2D eigenvalue weighted by atomic mass is 16.2. The van der Waals surface area contributed by atoms with Crippen LogP contribution in [-0.4, -0.2) is 36.6 Å². The Morgan fingerprint density at radius 1 is 1.11 bits per heavy atom. The van der Waals surface area contributed by atoms with E-state index in [9.17, 15) is 14.4 Å². The van der Waals surface area contributed by atoms with Gasteiger partial charge in [-0.15, -0.1) is 0 Å². The fourth-order valence-electron chi connectivity index (χ4n) is 1.96. The maximum Gasteiger partial charge on any atom is 0.220 e. The van der Waals surface area contributed by atoms with Crippen LogP contribution >= 0.6 is 0 Å². The van der Waals surface area contributed by atoms with Crippen molar-refractivity contribution in [1.82, 2.24) is 10.6 Å². The second-order valence-electron chi connectivity index (χ2n) is 7.26. The minimum absolute atomic E-state index is 0.0467. The Hall–Kier alpha value is -1.23. The van der Waals surface area contributed by atoms with E-state index in [1.54, 1.807) is 6.92 Å². The number of hydrogen-bond acceptors (Lipinski definition) is 4. The first kappa shape index (κ1) is 34.3. The molecule has 5 nitrogen and oxygen atoms in total. The van der Waals surface area contributed by atoms with Crippen molar-refractivity contribution in [3.63, 3.8) is 0 Å². The van der Waals surface area contributed by atoms with Gasteiger partial charge in [0, 0.05) is 6.42 Å². The van der Waals surface area contributed by atoms with Gasteiger partial charge in [-0.1, -0.05) is 75.7 Å². The molecule has 0 aliphatic carbocycles. The molecule has 0 spiro atoms. The van der Waals surface area contributed by atoms with Crippen molar-refractivity contribution < 1.29 is 14.4 Å². The summed E-state index contributed by atoms with van der Waals surface area (Å²) in [5.41, 5.74) is -0.203. The molecule has 2 atom stereocenters. The number of ketones is 1. The highest BCUT2D eigenvalue weighted by Gasteiger charge is 2.25. The van der Waals surface area contributed by atoms with E-state index in [2.05, 4.69) is 24.5 Å². The lowest BCUT2D eigenvalue weighted by Crippen LogP contribution is -2.44. The van der Waals surface area contributed by atoms with Gasteiger partial charge in [0.15, 0.2) is 0 Å². The lowest BCUT2D eigenvalue weighted by molar-refractivity contribution is -0.125. The highest BCUT2D eigenvalue weighted by molar-refractivity contribution is 5.81. The third kappa shape index (κ3) is 22.8. The first-order valence-electron chi connectivity index (χ1n) is 11.1. The maximum atomic E-state index is 11.2. The summed E-state index contributed by atoms with van der Waals surface area (Å²) in [6.45, 7) is 22.6. The van der Waals surface area contributed by atoms with Crippen LogP contribution < -0.4 is 10.6 Å². The Kier molecular flexibility index (Phi) is 29.2. The number of hydrogen-bond donors (Lipinski definition) is 2. The Morgan fingerprint density at radius 3 is 1.79 bits per heavy atom. The van der Waals surface area contributed by atoms with Gasteiger partial charge in [0.2, 0.25) is 5.91 Å². The summed E-state index contributed by atoms with van der Waals surface area (Å²) in [6, 6.07) is -0.207. The normalized spacial score (nSPS) is 15.5. The minimum Gasteiger partial charge on any atom is -0.346 e. The Balaban J connectivity index is -0.000000163. The molecule has 0 aromatic heterocycles. The summed E-state index contributed by atoms with van der Waals surface area (Å²) in [4.78, 5) is 32.4. The van der Waals surface area contributed by atoms with Crippen molar-refractivity contribution in [2.24, 2.45) is 5.41 Å². The Labute approximate surface area is 175 Å². The molecule has 0 saturated carbocycles. The van der Waals surface area contributed by atoms with Crippen molar-refractivity contribution in [3.05, 3.63) is 0 Å². The quantitative estimate of drug-likeness (QED) is 0.611. The lowest BCUT2D eigenvalue weighted by atomic mass is 9.87. The van der Waals surface area contributed by atoms with Crippen molar-refractivity contribution in [1.29, 1.82) is 0 Å². The van der Waals surface area contributed by atoms with Crippen LogP contribution in [0.4, 0.5) is 0 Å². The molecule has 1 amide bonds. The SMILES string of the molecule is CC.CC.CC(=O)C1CCCN1.CCC.CCCC(=O)NC(C=O)C(C)(C)C. The van der Waals surface area contributed by atoms with Gasteiger partial charge in [0.05, 0.1) is 12.1 Å². The third-order valence-corrected chi connectivity index (χ3v) is 3.41. The third-order valence-electron chi connectivity index (χ3n) is 3.41. The zero-order chi connectivity index (χ0) is 23.2. The van der Waals surface area contributed by atoms with E-state index in [1.807, 2.05) is 55.4 Å². The molecule has 1 rings (SSSR count). The maximum absolute atomic E-state index is 11.2. The van der Waals surface area contributed by atoms with E-state index in [1.165, 1.54) is 6.42 Å². The molecule has 2 N–H and O–H groups in total. The molecule has 0 aromatic carbocycles. The summed E-state index contributed by atoms with van der Waals surface area (Å²) >= 11 is 0. The van der Waals surface area contributed by atoms with Crippen LogP contribution in [0.25, 0.3) is 0 Å². The van der Waals surface area contributed by atoms with E-state index in [-0.39, 0.29) is 29.2 Å². The molecule has 0 radical (unpaired) electrons. The number of Topliss-reactive ketones (excluding diaryl/α,β-unsaturated/α-hetero) is 1. The zero-order valence-electron chi connectivity index (χ0n) is 20.7. The number of amides is 1. The predicted octanol–water partition coefficient (Wildman–Crippen LogP) is 5.31. The van der Waals surface area contributed by atoms with Crippen LogP contribution in [0.15, 0.2) is 0 Å². The molecule has 1 aliphatic heterocycles. The second-order valence-corrected chi connectivity index (χ2v) is 7.26. The van der Waals surface area contributed by atoms with Gasteiger partial charge in [0.25, 0.3) is 0 Å². The smallest absolute Gasteiger partial charge is 0.220 e. The molecule has 1 saturated heterocycles. The number of aldehydes is 1. The molecule has 1 fully saturated rings. The number of carbonyl (C=O) groups is 3. The van der Waals surface area contributed by atoms with Gasteiger partial charge >= 0.3 is 0 Å². The molecule has 1 aliphatic rings. The topological polar surface area (TPSA) is 75.3 Å². The van der Waals surface area contributed by atoms with Crippen LogP contribution in [0.1, 0.15) is 108 Å². The van der Waals surface area contributed by atoms with E-state index in [4.69, 9.17) is 0 Å². The van der Waals surface area contributed by atoms with Gasteiger partial charge in [-0.05, 0) is 38.1 Å². The Morgan fingerprint density at radius 2 is 1.57 bits per heavy atom. The average molecular weight is 403 g/mol. The summed E-state index contributed by atoms with van der Waals surface area (Å²) in [7, 11) is 0. The van der Waals surface area contributed by atoms with Gasteiger partial charge in [0.1, 0.15) is 12.1 Å². The van der Waals surface area contributed by atoms with Crippen molar-refractivity contribution in [2.45, 2.75) is 120 Å². The van der Waals surface area contributed by atoms with Crippen molar-refractivity contribution in [3.8, 4) is 0 Å². The van der Waals surface area contributed by atoms with E-state index in [0.29, 0.717) is 6.42 Å². The van der Waals surface area contributed by atoms with Gasteiger partial charge in [-0.2, -0.15) is 0 Å². The molecule has 0 aromatic rings. The van der Waals surface area contributed by atoms with Crippen LogP contribution in [0, 0.1) is 5.41 Å². The van der Waals surface area contributed by atoms with Crippen LogP contribution in [0.3, 0.4) is 0 Å². The largest absolute Gasteiger partial charge is 0.346 e. The first-order chi connectivity index (χ1) is 13.1. The monoisotopic (exact) mass is 402 g/mol. The molecular weight excluding hydrogens is 352 g/mol. The lowest BCUT2D eigenvalue weighted by Gasteiger charge is -2.26. The summed E-state index contributed by atoms with van der Waals surface area (Å²) in [5, 5.41) is 5.81. The fraction of sp³-hybridized carbons (Fsp3) is 0.870. The second kappa shape index (κ2) is 23.8. The molecule has 2 unspecified atom stereocenters. The van der Waals surface area contributed by atoms with Crippen LogP contribution in [0.5, 0.6) is 0 Å². The molecule has 0 bridgehead atoms. The van der Waals surface area contributed by atoms with Gasteiger partial charge in [-0.25, -0.2) is 0 Å². The van der Waals surface area contributed by atoms with Crippen LogP contribution in [-0.2, 0) is 14.4 Å². The molecule has 170 valence electrons. The minimum atomic E-state index is -0.383. The fourth-order valence-corrected chi connectivity index (χ4v) is 1.96. The number of rotatable bonds is 5. The van der Waals surface area contributed by atoms with Gasteiger partial charge < -0.3 is 15.4 Å². The van der Waals surface area contributed by atoms with Crippen molar-refractivity contribution in [2.75, 3.05) is 6.54 Å². The molecular formula is C23H50N2O3. The summed E-state index contributed by atoms with van der Waals surface area (Å²) in [6.07, 6.45) is 5.54. The van der Waals surface area contributed by atoms with Crippen LogP contribution in [0.2, 0.25) is 0 Å². The first-order valence-corrected chi connectivity index (χ1v) is 11.1. The van der Waals surface area contributed by atoms with Gasteiger partial charge in [-0.3, -0.25) is 9.59 Å². The Bertz CT molecular complexity index is 357. The zero-order valence-corrected chi connectivity index (χ0v) is 20.7. The molecule has 5 heteroatoms. The number of nitrogens with one attached hydrogen (secondary N) is 2. The molecule has 28 heavy (non-hydrogen) atoms. The predicted molar refractivity (Wildman–Crippen MR) is 123 cm³/mol. The van der Waals surface area contributed by atoms with Crippen molar-refractivity contribution >= 4 is 18.0 Å². The van der Waals surface area contributed by atoms with E-state index in [0.717, 1.165) is 32.1 Å². The molecule has 1 heterocycles. The summed E-state index contributed by atoms with van der Waals surface area (Å²) in [5.74, 6) is 0.233.